The van der Waals surface area contributed by atoms with E-state index in [1.807, 2.05) is 48.6 Å². The van der Waals surface area contributed by atoms with Crippen molar-refractivity contribution in [3.8, 4) is 11.5 Å². The number of unbranched alkanes of at least 4 members (excludes halogenated alkanes) is 3. The highest BCUT2D eigenvalue weighted by Gasteiger charge is 2.08. The molecule has 0 aliphatic carbocycles. The average molecular weight is 402 g/mol. The van der Waals surface area contributed by atoms with Crippen LogP contribution in [-0.4, -0.2) is 17.6 Å². The molecule has 1 aromatic heterocycles. The van der Waals surface area contributed by atoms with E-state index < -0.39 is 0 Å². The first-order valence-electron chi connectivity index (χ1n) is 10.4. The van der Waals surface area contributed by atoms with Crippen molar-refractivity contribution in [2.75, 3.05) is 6.61 Å². The summed E-state index contributed by atoms with van der Waals surface area (Å²) in [6.45, 7) is 2.89. The lowest BCUT2D eigenvalue weighted by molar-refractivity contribution is 0.0734. The van der Waals surface area contributed by atoms with Gasteiger partial charge in [-0.1, -0.05) is 50.5 Å². The molecule has 0 unspecified atom stereocenters. The zero-order valence-corrected chi connectivity index (χ0v) is 17.3. The zero-order chi connectivity index (χ0) is 21.0. The van der Waals surface area contributed by atoms with Gasteiger partial charge in [0.2, 0.25) is 0 Å². The van der Waals surface area contributed by atoms with Gasteiger partial charge in [-0.2, -0.15) is 0 Å². The van der Waals surface area contributed by atoms with Crippen molar-refractivity contribution in [1.29, 1.82) is 0 Å². The number of hydrogen-bond acceptors (Lipinski definition) is 4. The standard InChI is InChI=1S/C26H27NO3/c1-2-3-4-5-20-29-24-14-10-23(11-15-24)26(28)30-25-12-8-21(9-13-25)6-7-22-16-18-27-19-17-22/h6-19H,2-5,20H2,1H3/b7-6+. The average Bonchev–Trinajstić information content (AvgIpc) is 2.79. The van der Waals surface area contributed by atoms with Gasteiger partial charge in [0.05, 0.1) is 12.2 Å². The topological polar surface area (TPSA) is 48.4 Å². The van der Waals surface area contributed by atoms with Gasteiger partial charge in [0.15, 0.2) is 0 Å². The molecule has 3 rings (SSSR count). The van der Waals surface area contributed by atoms with Crippen LogP contribution in [0.5, 0.6) is 11.5 Å². The van der Waals surface area contributed by atoms with Gasteiger partial charge >= 0.3 is 5.97 Å². The van der Waals surface area contributed by atoms with Crippen molar-refractivity contribution < 1.29 is 14.3 Å². The van der Waals surface area contributed by atoms with E-state index in [1.54, 1.807) is 36.7 Å². The highest BCUT2D eigenvalue weighted by molar-refractivity contribution is 5.91. The number of nitrogens with zero attached hydrogens (tertiary/aromatic N) is 1. The molecule has 0 bridgehead atoms. The molecule has 2 aromatic carbocycles. The fraction of sp³-hybridized carbons (Fsp3) is 0.231. The Bertz CT molecular complexity index is 932. The highest BCUT2D eigenvalue weighted by Crippen LogP contribution is 2.18. The quantitative estimate of drug-likeness (QED) is 0.223. The van der Waals surface area contributed by atoms with Crippen LogP contribution in [0.4, 0.5) is 0 Å². The van der Waals surface area contributed by atoms with Gasteiger partial charge in [-0.05, 0) is 66.1 Å². The number of rotatable bonds is 10. The Balaban J connectivity index is 1.50. The highest BCUT2D eigenvalue weighted by atomic mass is 16.5. The predicted octanol–water partition coefficient (Wildman–Crippen LogP) is 6.43. The van der Waals surface area contributed by atoms with Crippen molar-refractivity contribution in [3.05, 3.63) is 89.7 Å². The van der Waals surface area contributed by atoms with Crippen LogP contribution in [0.15, 0.2) is 73.1 Å². The van der Waals surface area contributed by atoms with Gasteiger partial charge in [-0.25, -0.2) is 4.79 Å². The van der Waals surface area contributed by atoms with Crippen molar-refractivity contribution >= 4 is 18.1 Å². The zero-order valence-electron chi connectivity index (χ0n) is 17.3. The maximum Gasteiger partial charge on any atom is 0.343 e. The number of aromatic nitrogens is 1. The second-order valence-corrected chi connectivity index (χ2v) is 7.01. The fourth-order valence-electron chi connectivity index (χ4n) is 2.89. The summed E-state index contributed by atoms with van der Waals surface area (Å²) in [6, 6.07) is 18.4. The Hall–Kier alpha value is -3.40. The number of pyridine rings is 1. The molecule has 4 nitrogen and oxygen atoms in total. The van der Waals surface area contributed by atoms with E-state index in [0.717, 1.165) is 23.3 Å². The van der Waals surface area contributed by atoms with E-state index in [2.05, 4.69) is 11.9 Å². The first-order valence-corrected chi connectivity index (χ1v) is 10.4. The van der Waals surface area contributed by atoms with Gasteiger partial charge in [0, 0.05) is 12.4 Å². The van der Waals surface area contributed by atoms with Crippen LogP contribution in [-0.2, 0) is 0 Å². The Morgan fingerprint density at radius 1 is 0.800 bits per heavy atom. The number of esters is 1. The lowest BCUT2D eigenvalue weighted by atomic mass is 10.1. The minimum atomic E-state index is -0.385. The third-order valence-electron chi connectivity index (χ3n) is 4.62. The summed E-state index contributed by atoms with van der Waals surface area (Å²) in [5.74, 6) is 0.898. The van der Waals surface area contributed by atoms with Gasteiger partial charge < -0.3 is 9.47 Å². The van der Waals surface area contributed by atoms with Crippen LogP contribution < -0.4 is 9.47 Å². The summed E-state index contributed by atoms with van der Waals surface area (Å²) in [4.78, 5) is 16.4. The third kappa shape index (κ3) is 6.89. The minimum Gasteiger partial charge on any atom is -0.494 e. The van der Waals surface area contributed by atoms with Crippen LogP contribution in [0.2, 0.25) is 0 Å². The number of hydrogen-bond donors (Lipinski definition) is 0. The van der Waals surface area contributed by atoms with Crippen LogP contribution in [0, 0.1) is 0 Å². The molecule has 1 heterocycles. The van der Waals surface area contributed by atoms with Gasteiger partial charge in [0.25, 0.3) is 0 Å². The summed E-state index contributed by atoms with van der Waals surface area (Å²) < 4.78 is 11.2. The maximum atomic E-state index is 12.4. The lowest BCUT2D eigenvalue weighted by Gasteiger charge is -2.08. The molecule has 0 atom stereocenters. The number of carbonyl (C=O) groups excluding carboxylic acids is 1. The smallest absolute Gasteiger partial charge is 0.343 e. The maximum absolute atomic E-state index is 12.4. The first kappa shape index (κ1) is 21.3. The summed E-state index contributed by atoms with van der Waals surface area (Å²) in [5.41, 5.74) is 2.59. The SMILES string of the molecule is CCCCCCOc1ccc(C(=O)Oc2ccc(/C=C/c3ccncc3)cc2)cc1. The van der Waals surface area contributed by atoms with Crippen molar-refractivity contribution in [1.82, 2.24) is 4.98 Å². The van der Waals surface area contributed by atoms with Crippen LogP contribution >= 0.6 is 0 Å². The molecular weight excluding hydrogens is 374 g/mol. The van der Waals surface area contributed by atoms with E-state index in [4.69, 9.17) is 9.47 Å². The molecule has 154 valence electrons. The van der Waals surface area contributed by atoms with E-state index in [1.165, 1.54) is 19.3 Å². The molecule has 0 fully saturated rings. The second kappa shape index (κ2) is 11.6. The van der Waals surface area contributed by atoms with Crippen molar-refractivity contribution in [3.63, 3.8) is 0 Å². The largest absolute Gasteiger partial charge is 0.494 e. The molecule has 0 radical (unpaired) electrons. The summed E-state index contributed by atoms with van der Waals surface area (Å²) >= 11 is 0. The normalized spacial score (nSPS) is 10.8. The van der Waals surface area contributed by atoms with E-state index in [-0.39, 0.29) is 5.97 Å². The molecule has 0 amide bonds. The number of benzene rings is 2. The molecule has 0 aliphatic rings. The fourth-order valence-corrected chi connectivity index (χ4v) is 2.89. The van der Waals surface area contributed by atoms with Gasteiger partial charge in [-0.15, -0.1) is 0 Å². The van der Waals surface area contributed by atoms with E-state index in [0.29, 0.717) is 17.9 Å². The van der Waals surface area contributed by atoms with Gasteiger partial charge in [-0.3, -0.25) is 4.98 Å². The Kier molecular flexibility index (Phi) is 8.22. The van der Waals surface area contributed by atoms with Crippen molar-refractivity contribution in [2.24, 2.45) is 0 Å². The Morgan fingerprint density at radius 3 is 2.10 bits per heavy atom. The van der Waals surface area contributed by atoms with E-state index in [9.17, 15) is 4.79 Å². The number of carbonyl (C=O) groups is 1. The molecule has 0 saturated heterocycles. The summed E-state index contributed by atoms with van der Waals surface area (Å²) in [6.07, 6.45) is 12.2. The van der Waals surface area contributed by atoms with Crippen LogP contribution in [0.25, 0.3) is 12.2 Å². The predicted molar refractivity (Wildman–Crippen MR) is 121 cm³/mol. The molecule has 4 heteroatoms. The summed E-state index contributed by atoms with van der Waals surface area (Å²) in [5, 5.41) is 0. The van der Waals surface area contributed by atoms with E-state index >= 15 is 0 Å². The molecular formula is C26H27NO3. The molecule has 0 N–H and O–H groups in total. The van der Waals surface area contributed by atoms with Crippen molar-refractivity contribution in [2.45, 2.75) is 32.6 Å². The third-order valence-corrected chi connectivity index (χ3v) is 4.62. The molecule has 0 aliphatic heterocycles. The minimum absolute atomic E-state index is 0.385. The first-order chi connectivity index (χ1) is 14.7. The Morgan fingerprint density at radius 2 is 1.43 bits per heavy atom. The summed E-state index contributed by atoms with van der Waals surface area (Å²) in [7, 11) is 0. The second-order valence-electron chi connectivity index (χ2n) is 7.01. The molecule has 30 heavy (non-hydrogen) atoms. The molecule has 0 saturated carbocycles. The Labute approximate surface area is 178 Å². The van der Waals surface area contributed by atoms with Crippen LogP contribution in [0.3, 0.4) is 0 Å². The lowest BCUT2D eigenvalue weighted by Crippen LogP contribution is -2.08. The number of ether oxygens (including phenoxy) is 2. The molecule has 3 aromatic rings. The molecule has 0 spiro atoms. The van der Waals surface area contributed by atoms with Crippen LogP contribution in [0.1, 0.15) is 54.1 Å². The monoisotopic (exact) mass is 401 g/mol. The van der Waals surface area contributed by atoms with Gasteiger partial charge in [0.1, 0.15) is 11.5 Å².